The molecule has 7 nitrogen and oxygen atoms in total. The molecule has 3 atom stereocenters. The van der Waals surface area contributed by atoms with E-state index in [0.717, 1.165) is 86.8 Å². The maximum absolute atomic E-state index is 13.2. The Bertz CT molecular complexity index is 1780. The number of benzene rings is 4. The first-order chi connectivity index (χ1) is 25.0. The molecule has 5 aliphatic rings. The van der Waals surface area contributed by atoms with Crippen molar-refractivity contribution in [2.24, 2.45) is 17.8 Å². The third kappa shape index (κ3) is 7.70. The zero-order valence-corrected chi connectivity index (χ0v) is 30.1. The molecule has 4 saturated carbocycles. The molecule has 2 amide bonds. The summed E-state index contributed by atoms with van der Waals surface area (Å²) in [4.78, 5) is 14.3. The third-order valence-corrected chi connectivity index (χ3v) is 12.7. The Hall–Kier alpha value is -3.82. The van der Waals surface area contributed by atoms with Crippen molar-refractivity contribution in [3.63, 3.8) is 0 Å². The van der Waals surface area contributed by atoms with E-state index in [1.807, 2.05) is 54.6 Å². The van der Waals surface area contributed by atoms with Gasteiger partial charge in [0.1, 0.15) is 5.75 Å². The Morgan fingerprint density at radius 3 is 2.20 bits per heavy atom. The van der Waals surface area contributed by atoms with Crippen LogP contribution < -0.4 is 15.4 Å². The predicted molar refractivity (Wildman–Crippen MR) is 200 cm³/mol. The molecule has 1 aliphatic heterocycles. The van der Waals surface area contributed by atoms with Crippen molar-refractivity contribution >= 4 is 17.8 Å². The summed E-state index contributed by atoms with van der Waals surface area (Å²) < 4.78 is 18.8. The topological polar surface area (TPSA) is 89.0 Å². The predicted octanol–water partition coefficient (Wildman–Crippen LogP) is 8.96. The van der Waals surface area contributed by atoms with E-state index in [-0.39, 0.29) is 30.4 Å². The molecule has 4 aliphatic carbocycles. The largest absolute Gasteiger partial charge is 0.496 e. The maximum atomic E-state index is 13.2. The molecule has 0 unspecified atom stereocenters. The van der Waals surface area contributed by atoms with Gasteiger partial charge in [-0.15, -0.1) is 11.8 Å². The molecular formula is C43H48N2O5S. The number of carbonyl (C=O) groups is 1. The van der Waals surface area contributed by atoms with Gasteiger partial charge in [-0.25, -0.2) is 4.79 Å². The lowest BCUT2D eigenvalue weighted by Gasteiger charge is -2.56. The number of hydrogen-bond donors (Lipinski definition) is 3. The number of thioether (sulfide) groups is 1. The van der Waals surface area contributed by atoms with Crippen LogP contribution in [0.1, 0.15) is 79.6 Å². The Labute approximate surface area is 305 Å². The number of aliphatic hydroxyl groups excluding tert-OH is 1. The van der Waals surface area contributed by atoms with Crippen LogP contribution in [0, 0.1) is 17.8 Å². The van der Waals surface area contributed by atoms with Gasteiger partial charge in [0.25, 0.3) is 0 Å². The van der Waals surface area contributed by atoms with Gasteiger partial charge in [0, 0.05) is 34.7 Å². The highest BCUT2D eigenvalue weighted by Gasteiger charge is 2.51. The summed E-state index contributed by atoms with van der Waals surface area (Å²) in [7, 11) is 1.70. The first kappa shape index (κ1) is 34.3. The van der Waals surface area contributed by atoms with Gasteiger partial charge in [-0.1, -0.05) is 84.9 Å². The maximum Gasteiger partial charge on any atom is 0.315 e. The van der Waals surface area contributed by atoms with Crippen molar-refractivity contribution in [3.05, 3.63) is 119 Å². The van der Waals surface area contributed by atoms with Crippen molar-refractivity contribution < 1.29 is 24.1 Å². The highest BCUT2D eigenvalue weighted by Crippen LogP contribution is 2.55. The van der Waals surface area contributed by atoms with Crippen molar-refractivity contribution in [1.29, 1.82) is 0 Å². The fourth-order valence-electron chi connectivity index (χ4n) is 9.44. The van der Waals surface area contributed by atoms with Gasteiger partial charge in [-0.2, -0.15) is 0 Å². The smallest absolute Gasteiger partial charge is 0.315 e. The van der Waals surface area contributed by atoms with Crippen LogP contribution in [0.5, 0.6) is 5.75 Å². The molecule has 1 heterocycles. The lowest BCUT2D eigenvalue weighted by molar-refractivity contribution is -0.245. The fraction of sp³-hybridized carbons (Fsp3) is 0.419. The average Bonchev–Trinajstić information content (AvgIpc) is 3.16. The number of urea groups is 1. The van der Waals surface area contributed by atoms with Crippen LogP contribution >= 0.6 is 11.8 Å². The van der Waals surface area contributed by atoms with Gasteiger partial charge in [-0.05, 0) is 96.2 Å². The second kappa shape index (κ2) is 15.0. The molecular weight excluding hydrogens is 657 g/mol. The van der Waals surface area contributed by atoms with Crippen LogP contribution in [0.15, 0.2) is 102 Å². The van der Waals surface area contributed by atoms with E-state index in [1.165, 1.54) is 19.3 Å². The first-order valence-electron chi connectivity index (χ1n) is 18.5. The van der Waals surface area contributed by atoms with Crippen LogP contribution in [0.2, 0.25) is 0 Å². The molecule has 4 aromatic rings. The van der Waals surface area contributed by atoms with Gasteiger partial charge >= 0.3 is 6.03 Å². The number of aliphatic hydroxyl groups is 1. The van der Waals surface area contributed by atoms with Crippen LogP contribution in [0.4, 0.5) is 4.79 Å². The van der Waals surface area contributed by atoms with Crippen molar-refractivity contribution in [1.82, 2.24) is 10.6 Å². The van der Waals surface area contributed by atoms with Crippen LogP contribution in [0.25, 0.3) is 11.1 Å². The number of amides is 2. The van der Waals surface area contributed by atoms with Crippen LogP contribution in [-0.2, 0) is 22.6 Å². The van der Waals surface area contributed by atoms with Crippen molar-refractivity contribution in [2.75, 3.05) is 12.9 Å². The van der Waals surface area contributed by atoms with E-state index in [2.05, 4.69) is 53.1 Å². The molecule has 0 spiro atoms. The van der Waals surface area contributed by atoms with E-state index >= 15 is 0 Å². The summed E-state index contributed by atoms with van der Waals surface area (Å²) in [5.74, 6) is 3.98. The normalized spacial score (nSPS) is 28.0. The Morgan fingerprint density at radius 2 is 1.49 bits per heavy atom. The van der Waals surface area contributed by atoms with Crippen molar-refractivity contribution in [3.8, 4) is 16.9 Å². The molecule has 3 N–H and O–H groups in total. The number of ether oxygens (including phenoxy) is 3. The first-order valence-corrected chi connectivity index (χ1v) is 19.4. The highest BCUT2D eigenvalue weighted by atomic mass is 32.2. The molecule has 0 radical (unpaired) electrons. The monoisotopic (exact) mass is 704 g/mol. The zero-order chi connectivity index (χ0) is 34.8. The van der Waals surface area contributed by atoms with Crippen molar-refractivity contribution in [2.45, 2.75) is 87.0 Å². The molecule has 5 fully saturated rings. The average molecular weight is 705 g/mol. The Balaban J connectivity index is 0.953. The minimum absolute atomic E-state index is 0.00849. The number of carbonyl (C=O) groups excluding carboxylic acids is 1. The molecule has 0 aromatic heterocycles. The zero-order valence-electron chi connectivity index (χ0n) is 29.3. The fourth-order valence-corrected chi connectivity index (χ4v) is 10.5. The van der Waals surface area contributed by atoms with Gasteiger partial charge in [-0.3, -0.25) is 0 Å². The highest BCUT2D eigenvalue weighted by molar-refractivity contribution is 7.99. The van der Waals surface area contributed by atoms with Crippen LogP contribution in [0.3, 0.4) is 0 Å². The Morgan fingerprint density at radius 1 is 0.824 bits per heavy atom. The standard InChI is InChI=1S/C43H48N2O5S/c1-48-38-8-4-5-9-40(38)51-27-36-21-39(33-12-10-28(26-46)11-13-33)50-41(49-36)34-16-14-32(15-17-34)37-7-3-2-6-35(37)25-44-42(47)45-43-22-29-18-30(23-43)20-31(19-29)24-43/h2-17,29-31,36,39,41,46H,18-27H2,1H3,(H2,44,45,47)/t29?,30?,31?,36-,39+,41+,43?/m1/s1. The van der Waals surface area contributed by atoms with E-state index < -0.39 is 6.29 Å². The summed E-state index contributed by atoms with van der Waals surface area (Å²) in [6, 6.07) is 32.7. The number of rotatable bonds is 11. The number of para-hydroxylation sites is 1. The number of hydrogen-bond acceptors (Lipinski definition) is 6. The van der Waals surface area contributed by atoms with E-state index in [9.17, 15) is 9.90 Å². The molecule has 8 heteroatoms. The summed E-state index contributed by atoms with van der Waals surface area (Å²) in [6.45, 7) is 0.476. The summed E-state index contributed by atoms with van der Waals surface area (Å²) in [5, 5.41) is 16.2. The molecule has 1 saturated heterocycles. The summed E-state index contributed by atoms with van der Waals surface area (Å²) in [6.07, 6.45) is 7.46. The van der Waals surface area contributed by atoms with Crippen LogP contribution in [-0.4, -0.2) is 35.6 Å². The van der Waals surface area contributed by atoms with Gasteiger partial charge < -0.3 is 30.0 Å². The molecule has 9 rings (SSSR count). The molecule has 266 valence electrons. The molecule has 4 aromatic carbocycles. The third-order valence-electron chi connectivity index (χ3n) is 11.5. The molecule has 4 bridgehead atoms. The SMILES string of the molecule is COc1ccccc1SC[C@H]1C[C@@H](c2ccc(CO)cc2)O[C@@H](c2ccc(-c3ccccc3CNC(=O)NC34CC5CC(CC(C5)C3)C4)cc2)O1. The number of methoxy groups -OCH3 is 1. The molecule has 51 heavy (non-hydrogen) atoms. The van der Waals surface area contributed by atoms with E-state index in [4.69, 9.17) is 14.2 Å². The summed E-state index contributed by atoms with van der Waals surface area (Å²) >= 11 is 1.73. The lowest BCUT2D eigenvalue weighted by atomic mass is 9.53. The quantitative estimate of drug-likeness (QED) is 0.135. The second-order valence-electron chi connectivity index (χ2n) is 15.1. The van der Waals surface area contributed by atoms with Gasteiger partial charge in [0.15, 0.2) is 6.29 Å². The Kier molecular flexibility index (Phi) is 10.1. The van der Waals surface area contributed by atoms with E-state index in [1.54, 1.807) is 18.9 Å². The summed E-state index contributed by atoms with van der Waals surface area (Å²) in [5.41, 5.74) is 6.14. The van der Waals surface area contributed by atoms with E-state index in [0.29, 0.717) is 13.0 Å². The van der Waals surface area contributed by atoms with Gasteiger partial charge in [0.05, 0.1) is 25.9 Å². The minimum atomic E-state index is -0.538. The second-order valence-corrected chi connectivity index (χ2v) is 16.2. The lowest BCUT2D eigenvalue weighted by Crippen LogP contribution is -2.61. The van der Waals surface area contributed by atoms with Gasteiger partial charge in [0.2, 0.25) is 0 Å². The minimum Gasteiger partial charge on any atom is -0.496 e. The number of nitrogens with one attached hydrogen (secondary N) is 2.